The van der Waals surface area contributed by atoms with Crippen molar-refractivity contribution in [1.82, 2.24) is 20.4 Å². The van der Waals surface area contributed by atoms with E-state index < -0.39 is 0 Å². The van der Waals surface area contributed by atoms with Gasteiger partial charge in [-0.3, -0.25) is 9.59 Å². The van der Waals surface area contributed by atoms with Crippen LogP contribution in [0.25, 0.3) is 0 Å². The second-order valence-corrected chi connectivity index (χ2v) is 12.7. The van der Waals surface area contributed by atoms with Gasteiger partial charge in [-0.25, -0.2) is 0 Å². The molecule has 4 aromatic rings. The predicted octanol–water partition coefficient (Wildman–Crippen LogP) is 3.19. The molecule has 0 saturated heterocycles. The molecule has 11 nitrogen and oxygen atoms in total. The second kappa shape index (κ2) is 17.6. The summed E-state index contributed by atoms with van der Waals surface area (Å²) in [6.07, 6.45) is 2.22. The zero-order valence-electron chi connectivity index (χ0n) is 23.4. The summed E-state index contributed by atoms with van der Waals surface area (Å²) in [5, 5.41) is 40.2. The van der Waals surface area contributed by atoms with E-state index >= 15 is 0 Å². The second-order valence-electron chi connectivity index (χ2n) is 9.26. The number of thioether (sulfide) groups is 1. The average molecular weight is 644 g/mol. The van der Waals surface area contributed by atoms with Gasteiger partial charge in [-0.1, -0.05) is 35.6 Å². The number of ketones is 1. The highest BCUT2D eigenvalue weighted by Crippen LogP contribution is 2.20. The molecule has 0 bridgehead atoms. The highest BCUT2D eigenvalue weighted by molar-refractivity contribution is 7.99. The lowest BCUT2D eigenvalue weighted by molar-refractivity contribution is -0.118. The molecule has 0 radical (unpaired) electrons. The Morgan fingerprint density at radius 1 is 0.744 bits per heavy atom. The number of ether oxygens (including phenoxy) is 2. The number of rotatable bonds is 19. The molecular formula is C29H33N5O6S3. The number of nitrogens with zero attached hydrogens (tertiary/aromatic N) is 4. The molecule has 43 heavy (non-hydrogen) atoms. The van der Waals surface area contributed by atoms with E-state index in [1.807, 2.05) is 30.3 Å². The fraction of sp³-hybridized carbons (Fsp3) is 0.379. The highest BCUT2D eigenvalue weighted by Gasteiger charge is 2.12. The Kier molecular flexibility index (Phi) is 13.3. The Hall–Kier alpha value is -3.43. The van der Waals surface area contributed by atoms with Crippen molar-refractivity contribution >= 4 is 51.3 Å². The Balaban J connectivity index is 1.11. The van der Waals surface area contributed by atoms with E-state index in [-0.39, 0.29) is 57.4 Å². The van der Waals surface area contributed by atoms with Gasteiger partial charge in [-0.2, -0.15) is 11.8 Å². The van der Waals surface area contributed by atoms with Crippen molar-refractivity contribution in [3.63, 3.8) is 0 Å². The van der Waals surface area contributed by atoms with Crippen molar-refractivity contribution in [2.75, 3.05) is 43.3 Å². The fourth-order valence-corrected chi connectivity index (χ4v) is 6.68. The number of Topliss-reactive ketones (excluding diaryl/α,β-unsaturated/α-hetero) is 1. The summed E-state index contributed by atoms with van der Waals surface area (Å²) in [6, 6.07) is 14.5. The highest BCUT2D eigenvalue weighted by atomic mass is 32.2. The van der Waals surface area contributed by atoms with Crippen LogP contribution in [0, 0.1) is 0 Å². The van der Waals surface area contributed by atoms with Crippen molar-refractivity contribution < 1.29 is 29.3 Å². The number of benzene rings is 2. The number of aryl methyl sites for hydroxylation is 2. The van der Waals surface area contributed by atoms with E-state index in [2.05, 4.69) is 25.7 Å². The molecule has 2 aromatic carbocycles. The van der Waals surface area contributed by atoms with Crippen LogP contribution in [0.15, 0.2) is 48.5 Å². The van der Waals surface area contributed by atoms with E-state index in [9.17, 15) is 9.59 Å². The number of aliphatic hydroxyl groups excluding tert-OH is 2. The lowest BCUT2D eigenvalue weighted by Crippen LogP contribution is -2.14. The number of amides is 1. The normalized spacial score (nSPS) is 10.9. The summed E-state index contributed by atoms with van der Waals surface area (Å²) < 4.78 is 10.8. The zero-order valence-corrected chi connectivity index (χ0v) is 25.9. The number of aliphatic hydroxyl groups is 2. The molecule has 0 aliphatic heterocycles. The predicted molar refractivity (Wildman–Crippen MR) is 167 cm³/mol. The van der Waals surface area contributed by atoms with Crippen LogP contribution in [-0.4, -0.2) is 80.2 Å². The first-order valence-electron chi connectivity index (χ1n) is 13.7. The molecule has 2 aromatic heterocycles. The monoisotopic (exact) mass is 643 g/mol. The fourth-order valence-electron chi connectivity index (χ4n) is 3.91. The van der Waals surface area contributed by atoms with Gasteiger partial charge in [-0.15, -0.1) is 31.7 Å². The summed E-state index contributed by atoms with van der Waals surface area (Å²) in [6.45, 7) is 0.287. The van der Waals surface area contributed by atoms with Crippen molar-refractivity contribution in [2.45, 2.75) is 32.1 Å². The number of anilines is 1. The van der Waals surface area contributed by atoms with Gasteiger partial charge in [-0.05, 0) is 46.9 Å². The Morgan fingerprint density at radius 3 is 1.98 bits per heavy atom. The van der Waals surface area contributed by atoms with Gasteiger partial charge in [0.15, 0.2) is 0 Å². The SMILES string of the molecule is O=C(Cc1cccc(OCCO)c1)Cc1nnc(CCSCCc2nnc(NC(=O)Cc3cccc(OCCO)c3)s2)s1. The van der Waals surface area contributed by atoms with Gasteiger partial charge in [0.1, 0.15) is 45.5 Å². The minimum absolute atomic E-state index is 0.0574. The third-order valence-electron chi connectivity index (χ3n) is 5.77. The molecule has 3 N–H and O–H groups in total. The van der Waals surface area contributed by atoms with Crippen LogP contribution in [0.4, 0.5) is 5.13 Å². The first kappa shape index (κ1) is 32.5. The van der Waals surface area contributed by atoms with E-state index in [0.717, 1.165) is 45.5 Å². The third-order valence-corrected chi connectivity index (χ3v) is 8.64. The molecule has 0 aliphatic carbocycles. The summed E-state index contributed by atoms with van der Waals surface area (Å²) >= 11 is 4.61. The van der Waals surface area contributed by atoms with Crippen molar-refractivity contribution in [1.29, 1.82) is 0 Å². The summed E-state index contributed by atoms with van der Waals surface area (Å²) in [5.74, 6) is 2.83. The largest absolute Gasteiger partial charge is 0.491 e. The molecule has 0 atom stereocenters. The van der Waals surface area contributed by atoms with Gasteiger partial charge in [0.05, 0.1) is 26.1 Å². The molecule has 14 heteroatoms. The van der Waals surface area contributed by atoms with Crippen LogP contribution in [0.5, 0.6) is 11.5 Å². The van der Waals surface area contributed by atoms with Crippen LogP contribution in [0.1, 0.15) is 26.1 Å². The van der Waals surface area contributed by atoms with Gasteiger partial charge >= 0.3 is 0 Å². The van der Waals surface area contributed by atoms with Gasteiger partial charge in [0, 0.05) is 19.3 Å². The molecule has 0 fully saturated rings. The maximum atomic E-state index is 12.5. The first-order valence-corrected chi connectivity index (χ1v) is 16.5. The maximum absolute atomic E-state index is 12.5. The molecule has 228 valence electrons. The molecule has 0 aliphatic rings. The van der Waals surface area contributed by atoms with Gasteiger partial charge in [0.25, 0.3) is 0 Å². The molecule has 1 amide bonds. The Labute approximate surface area is 261 Å². The summed E-state index contributed by atoms with van der Waals surface area (Å²) in [4.78, 5) is 25.0. The topological polar surface area (TPSA) is 157 Å². The Bertz CT molecular complexity index is 1360. The number of nitrogens with one attached hydrogen (secondary N) is 1. The van der Waals surface area contributed by atoms with Crippen molar-refractivity contribution in [3.05, 3.63) is 74.7 Å². The number of aromatic nitrogens is 4. The Morgan fingerprint density at radius 2 is 1.33 bits per heavy atom. The smallest absolute Gasteiger partial charge is 0.230 e. The lowest BCUT2D eigenvalue weighted by Gasteiger charge is -2.06. The summed E-state index contributed by atoms with van der Waals surface area (Å²) in [5.41, 5.74) is 1.66. The lowest BCUT2D eigenvalue weighted by atomic mass is 10.1. The number of carbonyl (C=O) groups excluding carboxylic acids is 2. The van der Waals surface area contributed by atoms with Crippen LogP contribution >= 0.6 is 34.4 Å². The quantitative estimate of drug-likeness (QED) is 0.129. The van der Waals surface area contributed by atoms with Crippen LogP contribution < -0.4 is 14.8 Å². The number of hydrogen-bond donors (Lipinski definition) is 3. The van der Waals surface area contributed by atoms with Crippen LogP contribution in [0.2, 0.25) is 0 Å². The maximum Gasteiger partial charge on any atom is 0.230 e. The van der Waals surface area contributed by atoms with Gasteiger partial charge < -0.3 is 25.0 Å². The van der Waals surface area contributed by atoms with E-state index in [1.54, 1.807) is 30.0 Å². The third kappa shape index (κ3) is 11.6. The summed E-state index contributed by atoms with van der Waals surface area (Å²) in [7, 11) is 0. The van der Waals surface area contributed by atoms with Gasteiger partial charge in [0.2, 0.25) is 11.0 Å². The molecule has 0 saturated carbocycles. The standard InChI is InChI=1S/C29H33N5O6S3/c35-9-11-39-23-5-1-3-20(16-23)15-22(37)19-28-33-31-26(42-28)7-13-41-14-8-27-32-34-29(43-27)30-25(38)18-21-4-2-6-24(17-21)40-12-10-36/h1-6,16-17,35-36H,7-15,18-19H2,(H,30,34,38). The average Bonchev–Trinajstić information content (AvgIpc) is 3.64. The van der Waals surface area contributed by atoms with Crippen LogP contribution in [-0.2, 0) is 41.7 Å². The first-order chi connectivity index (χ1) is 21.0. The van der Waals surface area contributed by atoms with Crippen molar-refractivity contribution in [3.8, 4) is 11.5 Å². The van der Waals surface area contributed by atoms with E-state index in [4.69, 9.17) is 19.7 Å². The number of hydrogen-bond acceptors (Lipinski definition) is 13. The minimum atomic E-state index is -0.187. The molecule has 2 heterocycles. The molecular weight excluding hydrogens is 611 g/mol. The van der Waals surface area contributed by atoms with Crippen LogP contribution in [0.3, 0.4) is 0 Å². The van der Waals surface area contributed by atoms with E-state index in [0.29, 0.717) is 21.6 Å². The van der Waals surface area contributed by atoms with Crippen molar-refractivity contribution in [2.24, 2.45) is 0 Å². The number of carbonyl (C=O) groups is 2. The zero-order chi connectivity index (χ0) is 30.3. The molecule has 0 unspecified atom stereocenters. The molecule has 0 spiro atoms. The van der Waals surface area contributed by atoms with E-state index in [1.165, 1.54) is 22.7 Å². The molecule has 4 rings (SSSR count). The minimum Gasteiger partial charge on any atom is -0.491 e.